The third kappa shape index (κ3) is 2.20. The summed E-state index contributed by atoms with van der Waals surface area (Å²) in [6.07, 6.45) is 0.892. The first-order valence-corrected chi connectivity index (χ1v) is 6.10. The third-order valence-electron chi connectivity index (χ3n) is 2.58. The molecule has 2 nitrogen and oxygen atoms in total. The highest BCUT2D eigenvalue weighted by molar-refractivity contribution is 9.10. The summed E-state index contributed by atoms with van der Waals surface area (Å²) in [6.45, 7) is 2.06. The monoisotopic (exact) mass is 279 g/mol. The normalized spacial score (nSPS) is 12.7. The van der Waals surface area contributed by atoms with Crippen LogP contribution in [0.3, 0.4) is 0 Å². The smallest absolute Gasteiger partial charge is 0.125 e. The van der Waals surface area contributed by atoms with Crippen LogP contribution in [0.25, 0.3) is 0 Å². The van der Waals surface area contributed by atoms with Crippen LogP contribution in [0.2, 0.25) is 0 Å². The minimum atomic E-state index is -0.212. The van der Waals surface area contributed by atoms with E-state index in [1.54, 1.807) is 0 Å². The number of hydrogen-bond acceptors (Lipinski definition) is 2. The molecule has 1 unspecified atom stereocenters. The van der Waals surface area contributed by atoms with Crippen LogP contribution in [-0.2, 0) is 6.42 Å². The summed E-state index contributed by atoms with van der Waals surface area (Å²) < 4.78 is 6.67. The van der Waals surface area contributed by atoms with Gasteiger partial charge in [-0.2, -0.15) is 0 Å². The topological polar surface area (TPSA) is 39.2 Å². The molecule has 0 aliphatic rings. The molecule has 2 N–H and O–H groups in total. The van der Waals surface area contributed by atoms with Gasteiger partial charge < -0.3 is 10.2 Å². The van der Waals surface area contributed by atoms with Gasteiger partial charge in [0, 0.05) is 10.9 Å². The van der Waals surface area contributed by atoms with Gasteiger partial charge in [0.25, 0.3) is 0 Å². The molecule has 3 heteroatoms. The van der Waals surface area contributed by atoms with Gasteiger partial charge in [0.05, 0.1) is 6.04 Å². The molecule has 2 rings (SSSR count). The Morgan fingerprint density at radius 3 is 2.62 bits per heavy atom. The van der Waals surface area contributed by atoms with Crippen molar-refractivity contribution in [3.63, 3.8) is 0 Å². The lowest BCUT2D eigenvalue weighted by Crippen LogP contribution is -2.11. The summed E-state index contributed by atoms with van der Waals surface area (Å²) in [5.41, 5.74) is 7.20. The quantitative estimate of drug-likeness (QED) is 0.932. The van der Waals surface area contributed by atoms with Gasteiger partial charge in [-0.15, -0.1) is 0 Å². The molecule has 1 aromatic heterocycles. The van der Waals surface area contributed by atoms with E-state index in [-0.39, 0.29) is 6.04 Å². The molecule has 0 amide bonds. The van der Waals surface area contributed by atoms with Crippen molar-refractivity contribution >= 4 is 15.9 Å². The lowest BCUT2D eigenvalue weighted by Gasteiger charge is -2.11. The van der Waals surface area contributed by atoms with Gasteiger partial charge in [-0.05, 0) is 23.8 Å². The molecule has 0 spiro atoms. The maximum atomic E-state index is 6.16. The van der Waals surface area contributed by atoms with Gasteiger partial charge in [-0.3, -0.25) is 0 Å². The Balaban J connectivity index is 2.31. The number of nitrogens with two attached hydrogens (primary N) is 1. The van der Waals surface area contributed by atoms with Crippen LogP contribution in [0.1, 0.15) is 30.0 Å². The van der Waals surface area contributed by atoms with E-state index in [0.717, 1.165) is 28.0 Å². The highest BCUT2D eigenvalue weighted by Gasteiger charge is 2.15. The lowest BCUT2D eigenvalue weighted by molar-refractivity contribution is 0.453. The average molecular weight is 280 g/mol. The number of hydrogen-bond donors (Lipinski definition) is 1. The van der Waals surface area contributed by atoms with E-state index in [1.165, 1.54) is 0 Å². The molecular formula is C13H14BrNO. The number of rotatable bonds is 3. The molecule has 1 heterocycles. The Morgan fingerprint density at radius 1 is 1.25 bits per heavy atom. The summed E-state index contributed by atoms with van der Waals surface area (Å²) in [4.78, 5) is 0. The van der Waals surface area contributed by atoms with Crippen molar-refractivity contribution in [2.45, 2.75) is 19.4 Å². The van der Waals surface area contributed by atoms with Crippen LogP contribution in [0, 0.1) is 0 Å². The van der Waals surface area contributed by atoms with E-state index in [1.807, 2.05) is 36.4 Å². The van der Waals surface area contributed by atoms with E-state index in [4.69, 9.17) is 10.2 Å². The molecule has 0 aliphatic carbocycles. The second-order valence-electron chi connectivity index (χ2n) is 3.66. The van der Waals surface area contributed by atoms with Crippen LogP contribution in [-0.4, -0.2) is 0 Å². The van der Waals surface area contributed by atoms with Crippen LogP contribution >= 0.6 is 15.9 Å². The predicted octanol–water partition coefficient (Wildman–Crippen LogP) is 3.65. The van der Waals surface area contributed by atoms with Gasteiger partial charge in [-0.25, -0.2) is 0 Å². The molecule has 1 atom stereocenters. The highest BCUT2D eigenvalue weighted by atomic mass is 79.9. The standard InChI is InChI=1S/C13H14BrNO/c1-2-9-7-8-12(16-9)13(15)10-5-3-4-6-11(10)14/h3-8,13H,2,15H2,1H3. The second kappa shape index (κ2) is 4.85. The average Bonchev–Trinajstić information content (AvgIpc) is 2.77. The molecule has 16 heavy (non-hydrogen) atoms. The Labute approximate surface area is 104 Å². The van der Waals surface area contributed by atoms with E-state index in [9.17, 15) is 0 Å². The summed E-state index contributed by atoms with van der Waals surface area (Å²) in [7, 11) is 0. The number of halogens is 1. The molecule has 2 aromatic rings. The molecule has 0 saturated carbocycles. The number of benzene rings is 1. The second-order valence-corrected chi connectivity index (χ2v) is 4.51. The van der Waals surface area contributed by atoms with Gasteiger partial charge >= 0.3 is 0 Å². The zero-order chi connectivity index (χ0) is 11.5. The predicted molar refractivity (Wildman–Crippen MR) is 68.3 cm³/mol. The van der Waals surface area contributed by atoms with Gasteiger partial charge in [0.15, 0.2) is 0 Å². The first-order chi connectivity index (χ1) is 7.72. The van der Waals surface area contributed by atoms with Crippen LogP contribution in [0.4, 0.5) is 0 Å². The summed E-state index contributed by atoms with van der Waals surface area (Å²) in [5, 5.41) is 0. The van der Waals surface area contributed by atoms with Crippen molar-refractivity contribution in [1.29, 1.82) is 0 Å². The number of aryl methyl sites for hydroxylation is 1. The minimum Gasteiger partial charge on any atom is -0.464 e. The van der Waals surface area contributed by atoms with Crippen molar-refractivity contribution < 1.29 is 4.42 Å². The van der Waals surface area contributed by atoms with Crippen molar-refractivity contribution in [3.8, 4) is 0 Å². The van der Waals surface area contributed by atoms with E-state index in [0.29, 0.717) is 0 Å². The molecule has 84 valence electrons. The molecular weight excluding hydrogens is 266 g/mol. The lowest BCUT2D eigenvalue weighted by atomic mass is 10.1. The molecule has 0 saturated heterocycles. The molecule has 0 radical (unpaired) electrons. The van der Waals surface area contributed by atoms with Gasteiger partial charge in [0.1, 0.15) is 11.5 Å². The Kier molecular flexibility index (Phi) is 3.46. The molecule has 1 aromatic carbocycles. The summed E-state index contributed by atoms with van der Waals surface area (Å²) in [6, 6.07) is 11.6. The third-order valence-corrected chi connectivity index (χ3v) is 3.30. The Hall–Kier alpha value is -1.06. The Morgan fingerprint density at radius 2 is 2.00 bits per heavy atom. The maximum Gasteiger partial charge on any atom is 0.125 e. The molecule has 0 aliphatic heterocycles. The highest BCUT2D eigenvalue weighted by Crippen LogP contribution is 2.27. The summed E-state index contributed by atoms with van der Waals surface area (Å²) in [5.74, 6) is 1.78. The van der Waals surface area contributed by atoms with Crippen molar-refractivity contribution in [2.75, 3.05) is 0 Å². The minimum absolute atomic E-state index is 0.212. The molecule has 0 bridgehead atoms. The van der Waals surface area contributed by atoms with Gasteiger partial charge in [-0.1, -0.05) is 41.1 Å². The number of furan rings is 1. The van der Waals surface area contributed by atoms with Crippen LogP contribution in [0.5, 0.6) is 0 Å². The molecule has 0 fully saturated rings. The van der Waals surface area contributed by atoms with E-state index in [2.05, 4.69) is 22.9 Å². The maximum absolute atomic E-state index is 6.16. The Bertz CT molecular complexity index is 478. The van der Waals surface area contributed by atoms with Crippen molar-refractivity contribution in [3.05, 3.63) is 58.0 Å². The fraction of sp³-hybridized carbons (Fsp3) is 0.231. The first-order valence-electron chi connectivity index (χ1n) is 5.31. The van der Waals surface area contributed by atoms with Crippen molar-refractivity contribution in [2.24, 2.45) is 5.73 Å². The van der Waals surface area contributed by atoms with Gasteiger partial charge in [0.2, 0.25) is 0 Å². The summed E-state index contributed by atoms with van der Waals surface area (Å²) >= 11 is 3.50. The SMILES string of the molecule is CCc1ccc(C(N)c2ccccc2Br)o1. The van der Waals surface area contributed by atoms with E-state index < -0.39 is 0 Å². The largest absolute Gasteiger partial charge is 0.464 e. The zero-order valence-corrected chi connectivity index (χ0v) is 10.7. The van der Waals surface area contributed by atoms with E-state index >= 15 is 0 Å². The van der Waals surface area contributed by atoms with Crippen molar-refractivity contribution in [1.82, 2.24) is 0 Å². The fourth-order valence-corrected chi connectivity index (χ4v) is 2.16. The first kappa shape index (κ1) is 11.4. The zero-order valence-electron chi connectivity index (χ0n) is 9.11. The van der Waals surface area contributed by atoms with Crippen LogP contribution in [0.15, 0.2) is 45.3 Å². The van der Waals surface area contributed by atoms with Crippen LogP contribution < -0.4 is 5.73 Å². The fourth-order valence-electron chi connectivity index (χ4n) is 1.63.